The zero-order valence-electron chi connectivity index (χ0n) is 9.80. The van der Waals surface area contributed by atoms with Gasteiger partial charge in [0.25, 0.3) is 0 Å². The van der Waals surface area contributed by atoms with E-state index in [1.165, 1.54) is 30.4 Å². The molecule has 0 heterocycles. The Morgan fingerprint density at radius 1 is 1.38 bits per heavy atom. The molecule has 0 saturated carbocycles. The average molecular weight is 350 g/mol. The summed E-state index contributed by atoms with van der Waals surface area (Å²) < 4.78 is 5.24. The second-order valence-electron chi connectivity index (χ2n) is 3.81. The summed E-state index contributed by atoms with van der Waals surface area (Å²) in [6, 6.07) is 6.29. The highest BCUT2D eigenvalue weighted by atomic mass is 79.9. The van der Waals surface area contributed by atoms with Gasteiger partial charge in [0.1, 0.15) is 5.75 Å². The predicted molar refractivity (Wildman–Crippen MR) is 76.8 cm³/mol. The fourth-order valence-corrected chi connectivity index (χ4v) is 2.93. The van der Waals surface area contributed by atoms with Gasteiger partial charge in [0.05, 0.1) is 7.11 Å². The highest BCUT2D eigenvalue weighted by Crippen LogP contribution is 2.33. The maximum Gasteiger partial charge on any atom is 0.119 e. The van der Waals surface area contributed by atoms with Gasteiger partial charge in [0, 0.05) is 10.2 Å². The van der Waals surface area contributed by atoms with Gasteiger partial charge in [0.15, 0.2) is 0 Å². The second kappa shape index (κ2) is 7.33. The molecule has 0 aromatic heterocycles. The lowest BCUT2D eigenvalue weighted by Crippen LogP contribution is -1.96. The Morgan fingerprint density at radius 2 is 2.12 bits per heavy atom. The van der Waals surface area contributed by atoms with Gasteiger partial charge in [-0.15, -0.1) is 0 Å². The van der Waals surface area contributed by atoms with E-state index in [1.807, 2.05) is 6.07 Å². The molecule has 1 aromatic rings. The minimum Gasteiger partial charge on any atom is -0.497 e. The van der Waals surface area contributed by atoms with Gasteiger partial charge in [-0.1, -0.05) is 57.7 Å². The molecule has 0 aliphatic heterocycles. The number of benzene rings is 1. The lowest BCUT2D eigenvalue weighted by Gasteiger charge is -2.14. The number of hydrogen-bond donors (Lipinski definition) is 0. The molecular weight excluding hydrogens is 332 g/mol. The number of halogens is 2. The minimum absolute atomic E-state index is 0.450. The molecule has 0 spiro atoms. The molecule has 0 aliphatic carbocycles. The van der Waals surface area contributed by atoms with Gasteiger partial charge in [-0.25, -0.2) is 0 Å². The van der Waals surface area contributed by atoms with E-state index in [0.29, 0.717) is 4.83 Å². The summed E-state index contributed by atoms with van der Waals surface area (Å²) in [6.45, 7) is 2.22. The quantitative estimate of drug-likeness (QED) is 0.640. The Hall–Kier alpha value is -0.0200. The fourth-order valence-electron chi connectivity index (χ4n) is 1.67. The van der Waals surface area contributed by atoms with E-state index in [4.69, 9.17) is 4.74 Å². The van der Waals surface area contributed by atoms with Crippen LogP contribution in [0.1, 0.15) is 42.1 Å². The van der Waals surface area contributed by atoms with Crippen LogP contribution in [0.25, 0.3) is 0 Å². The lowest BCUT2D eigenvalue weighted by molar-refractivity contribution is 0.414. The summed E-state index contributed by atoms with van der Waals surface area (Å²) in [5.74, 6) is 0.924. The van der Waals surface area contributed by atoms with Crippen molar-refractivity contribution in [2.24, 2.45) is 0 Å². The van der Waals surface area contributed by atoms with Crippen LogP contribution in [0.15, 0.2) is 18.2 Å². The first-order valence-electron chi connectivity index (χ1n) is 5.59. The Bertz CT molecular complexity index is 326. The van der Waals surface area contributed by atoms with Crippen LogP contribution in [-0.2, 0) is 5.33 Å². The SMILES string of the molecule is CCCCC(Br)c1ccc(OC)cc1CBr. The lowest BCUT2D eigenvalue weighted by atomic mass is 10.0. The molecule has 0 amide bonds. The summed E-state index contributed by atoms with van der Waals surface area (Å²) in [7, 11) is 1.70. The van der Waals surface area contributed by atoms with E-state index in [2.05, 4.69) is 50.9 Å². The average Bonchev–Trinajstić information content (AvgIpc) is 2.34. The molecular formula is C13H18Br2O. The van der Waals surface area contributed by atoms with Gasteiger partial charge in [-0.2, -0.15) is 0 Å². The number of ether oxygens (including phenoxy) is 1. The van der Waals surface area contributed by atoms with Gasteiger partial charge < -0.3 is 4.74 Å². The molecule has 1 nitrogen and oxygen atoms in total. The Kier molecular flexibility index (Phi) is 6.44. The molecule has 90 valence electrons. The van der Waals surface area contributed by atoms with Crippen LogP contribution in [-0.4, -0.2) is 7.11 Å². The third kappa shape index (κ3) is 3.77. The standard InChI is InChI=1S/C13H18Br2O/c1-3-4-5-13(15)12-7-6-11(16-2)8-10(12)9-14/h6-8,13H,3-5,9H2,1-2H3. The number of rotatable bonds is 6. The first-order valence-corrected chi connectivity index (χ1v) is 7.63. The van der Waals surface area contributed by atoms with Crippen molar-refractivity contribution in [2.75, 3.05) is 7.11 Å². The molecule has 0 fully saturated rings. The van der Waals surface area contributed by atoms with Gasteiger partial charge in [0.2, 0.25) is 0 Å². The Morgan fingerprint density at radius 3 is 2.69 bits per heavy atom. The maximum atomic E-state index is 5.24. The largest absolute Gasteiger partial charge is 0.497 e. The zero-order chi connectivity index (χ0) is 12.0. The van der Waals surface area contributed by atoms with Crippen LogP contribution >= 0.6 is 31.9 Å². The van der Waals surface area contributed by atoms with Gasteiger partial charge in [-0.3, -0.25) is 0 Å². The highest BCUT2D eigenvalue weighted by molar-refractivity contribution is 9.09. The van der Waals surface area contributed by atoms with Crippen molar-refractivity contribution in [3.05, 3.63) is 29.3 Å². The monoisotopic (exact) mass is 348 g/mol. The second-order valence-corrected chi connectivity index (χ2v) is 5.47. The maximum absolute atomic E-state index is 5.24. The third-order valence-electron chi connectivity index (χ3n) is 2.64. The number of methoxy groups -OCH3 is 1. The van der Waals surface area contributed by atoms with Gasteiger partial charge in [-0.05, 0) is 29.7 Å². The summed E-state index contributed by atoms with van der Waals surface area (Å²) >= 11 is 7.30. The van der Waals surface area contributed by atoms with Crippen molar-refractivity contribution in [1.82, 2.24) is 0 Å². The molecule has 1 rings (SSSR count). The van der Waals surface area contributed by atoms with Crippen LogP contribution in [0.5, 0.6) is 5.75 Å². The number of hydrogen-bond acceptors (Lipinski definition) is 1. The van der Waals surface area contributed by atoms with Crippen molar-refractivity contribution in [1.29, 1.82) is 0 Å². The summed E-state index contributed by atoms with van der Waals surface area (Å²) in [4.78, 5) is 0.450. The molecule has 0 aliphatic rings. The van der Waals surface area contributed by atoms with E-state index >= 15 is 0 Å². The zero-order valence-corrected chi connectivity index (χ0v) is 13.0. The van der Waals surface area contributed by atoms with Crippen LogP contribution < -0.4 is 4.74 Å². The smallest absolute Gasteiger partial charge is 0.119 e. The Balaban J connectivity index is 2.85. The molecule has 1 atom stereocenters. The molecule has 16 heavy (non-hydrogen) atoms. The minimum atomic E-state index is 0.450. The topological polar surface area (TPSA) is 9.23 Å². The molecule has 1 aromatic carbocycles. The van der Waals surface area contributed by atoms with Crippen molar-refractivity contribution >= 4 is 31.9 Å². The normalized spacial score (nSPS) is 12.5. The third-order valence-corrected chi connectivity index (χ3v) is 4.20. The van der Waals surface area contributed by atoms with E-state index in [9.17, 15) is 0 Å². The van der Waals surface area contributed by atoms with Crippen LogP contribution in [0, 0.1) is 0 Å². The summed E-state index contributed by atoms with van der Waals surface area (Å²) in [5, 5.41) is 0.869. The molecule has 0 bridgehead atoms. The van der Waals surface area contributed by atoms with E-state index in [0.717, 1.165) is 11.1 Å². The molecule has 0 N–H and O–H groups in total. The number of alkyl halides is 2. The van der Waals surface area contributed by atoms with Crippen LogP contribution in [0.2, 0.25) is 0 Å². The van der Waals surface area contributed by atoms with E-state index < -0.39 is 0 Å². The first-order chi connectivity index (χ1) is 7.72. The van der Waals surface area contributed by atoms with Crippen molar-refractivity contribution in [3.63, 3.8) is 0 Å². The van der Waals surface area contributed by atoms with Crippen molar-refractivity contribution in [3.8, 4) is 5.75 Å². The predicted octanol–water partition coefficient (Wildman–Crippen LogP) is 5.22. The van der Waals surface area contributed by atoms with Crippen molar-refractivity contribution < 1.29 is 4.74 Å². The number of unbranched alkanes of at least 4 members (excludes halogenated alkanes) is 1. The Labute approximate surface area is 115 Å². The highest BCUT2D eigenvalue weighted by Gasteiger charge is 2.12. The first kappa shape index (κ1) is 14.0. The molecule has 3 heteroatoms. The van der Waals surface area contributed by atoms with Crippen LogP contribution in [0.4, 0.5) is 0 Å². The summed E-state index contributed by atoms with van der Waals surface area (Å²) in [5.41, 5.74) is 2.67. The van der Waals surface area contributed by atoms with E-state index in [-0.39, 0.29) is 0 Å². The van der Waals surface area contributed by atoms with Gasteiger partial charge >= 0.3 is 0 Å². The molecule has 0 saturated heterocycles. The fraction of sp³-hybridized carbons (Fsp3) is 0.538. The molecule has 0 radical (unpaired) electrons. The molecule has 1 unspecified atom stereocenters. The summed E-state index contributed by atoms with van der Waals surface area (Å²) in [6.07, 6.45) is 3.68. The van der Waals surface area contributed by atoms with Crippen molar-refractivity contribution in [2.45, 2.75) is 36.3 Å². The van der Waals surface area contributed by atoms with Crippen LogP contribution in [0.3, 0.4) is 0 Å². The van der Waals surface area contributed by atoms with E-state index in [1.54, 1.807) is 7.11 Å².